The minimum atomic E-state index is -0.0904. The van der Waals surface area contributed by atoms with Gasteiger partial charge in [0.25, 0.3) is 5.91 Å². The SMILES string of the molecule is CC1CN(C(=O)c2ccc(CN)o2)C(C)CO1. The summed E-state index contributed by atoms with van der Waals surface area (Å²) in [6.07, 6.45) is 0.0686. The normalized spacial score (nSPS) is 25.0. The number of hydrogen-bond acceptors (Lipinski definition) is 4. The van der Waals surface area contributed by atoms with E-state index in [9.17, 15) is 4.79 Å². The van der Waals surface area contributed by atoms with E-state index in [0.29, 0.717) is 31.2 Å². The second kappa shape index (κ2) is 4.89. The van der Waals surface area contributed by atoms with Gasteiger partial charge in [0.05, 0.1) is 25.3 Å². The first-order chi connectivity index (χ1) is 8.11. The first-order valence-electron chi connectivity index (χ1n) is 5.83. The second-order valence-electron chi connectivity index (χ2n) is 4.42. The third-order valence-electron chi connectivity index (χ3n) is 2.94. The predicted molar refractivity (Wildman–Crippen MR) is 62.5 cm³/mol. The average molecular weight is 238 g/mol. The van der Waals surface area contributed by atoms with Gasteiger partial charge in [-0.3, -0.25) is 4.79 Å². The van der Waals surface area contributed by atoms with E-state index in [4.69, 9.17) is 14.9 Å². The molecule has 1 saturated heterocycles. The van der Waals surface area contributed by atoms with E-state index < -0.39 is 0 Å². The van der Waals surface area contributed by atoms with Crippen molar-refractivity contribution in [2.45, 2.75) is 32.5 Å². The van der Waals surface area contributed by atoms with Crippen molar-refractivity contribution in [1.82, 2.24) is 4.90 Å². The molecule has 2 heterocycles. The number of nitrogens with zero attached hydrogens (tertiary/aromatic N) is 1. The van der Waals surface area contributed by atoms with Crippen LogP contribution in [-0.4, -0.2) is 36.1 Å². The van der Waals surface area contributed by atoms with E-state index in [-0.39, 0.29) is 18.1 Å². The molecule has 1 aliphatic heterocycles. The maximum atomic E-state index is 12.2. The molecule has 0 spiro atoms. The molecule has 1 fully saturated rings. The van der Waals surface area contributed by atoms with Crippen LogP contribution in [0.2, 0.25) is 0 Å². The largest absolute Gasteiger partial charge is 0.455 e. The summed E-state index contributed by atoms with van der Waals surface area (Å²) < 4.78 is 10.9. The van der Waals surface area contributed by atoms with Crippen molar-refractivity contribution in [2.75, 3.05) is 13.2 Å². The lowest BCUT2D eigenvalue weighted by Gasteiger charge is -2.36. The summed E-state index contributed by atoms with van der Waals surface area (Å²) in [7, 11) is 0. The molecule has 94 valence electrons. The van der Waals surface area contributed by atoms with Gasteiger partial charge in [-0.05, 0) is 26.0 Å². The van der Waals surface area contributed by atoms with Gasteiger partial charge in [0.1, 0.15) is 5.76 Å². The number of carbonyl (C=O) groups is 1. The number of carbonyl (C=O) groups excluding carboxylic acids is 1. The molecule has 2 unspecified atom stereocenters. The van der Waals surface area contributed by atoms with Gasteiger partial charge in [0.15, 0.2) is 5.76 Å². The second-order valence-corrected chi connectivity index (χ2v) is 4.42. The lowest BCUT2D eigenvalue weighted by molar-refractivity contribution is -0.0396. The Balaban J connectivity index is 2.12. The van der Waals surface area contributed by atoms with Gasteiger partial charge in [-0.2, -0.15) is 0 Å². The summed E-state index contributed by atoms with van der Waals surface area (Å²) in [6.45, 7) is 5.40. The molecule has 1 aliphatic rings. The number of nitrogens with two attached hydrogens (primary N) is 1. The molecule has 0 aliphatic carbocycles. The molecular weight excluding hydrogens is 220 g/mol. The molecule has 1 aromatic heterocycles. The molecule has 0 bridgehead atoms. The highest BCUT2D eigenvalue weighted by Crippen LogP contribution is 2.17. The van der Waals surface area contributed by atoms with Crippen molar-refractivity contribution in [3.8, 4) is 0 Å². The first kappa shape index (κ1) is 12.1. The van der Waals surface area contributed by atoms with E-state index in [0.717, 1.165) is 0 Å². The standard InChI is InChI=1S/C12H18N2O3/c1-8-7-16-9(2)6-14(8)12(15)11-4-3-10(5-13)17-11/h3-4,8-9H,5-7,13H2,1-2H3. The number of rotatable bonds is 2. The summed E-state index contributed by atoms with van der Waals surface area (Å²) in [5.74, 6) is 0.890. The van der Waals surface area contributed by atoms with Gasteiger partial charge in [-0.25, -0.2) is 0 Å². The highest BCUT2D eigenvalue weighted by Gasteiger charge is 2.29. The molecule has 0 radical (unpaired) electrons. The van der Waals surface area contributed by atoms with Crippen LogP contribution < -0.4 is 5.73 Å². The van der Waals surface area contributed by atoms with Crippen LogP contribution in [0.1, 0.15) is 30.2 Å². The molecule has 2 rings (SSSR count). The topological polar surface area (TPSA) is 68.7 Å². The Morgan fingerprint density at radius 3 is 2.94 bits per heavy atom. The molecule has 2 N–H and O–H groups in total. The zero-order chi connectivity index (χ0) is 12.4. The Hall–Kier alpha value is -1.33. The van der Waals surface area contributed by atoms with Gasteiger partial charge in [0.2, 0.25) is 0 Å². The molecule has 0 aromatic carbocycles. The molecule has 2 atom stereocenters. The van der Waals surface area contributed by atoms with Crippen molar-refractivity contribution in [3.63, 3.8) is 0 Å². The highest BCUT2D eigenvalue weighted by atomic mass is 16.5. The van der Waals surface area contributed by atoms with Crippen LogP contribution in [0.3, 0.4) is 0 Å². The van der Waals surface area contributed by atoms with Crippen molar-refractivity contribution in [1.29, 1.82) is 0 Å². The monoisotopic (exact) mass is 238 g/mol. The van der Waals surface area contributed by atoms with Crippen molar-refractivity contribution in [2.24, 2.45) is 5.73 Å². The maximum absolute atomic E-state index is 12.2. The third-order valence-corrected chi connectivity index (χ3v) is 2.94. The van der Waals surface area contributed by atoms with E-state index in [2.05, 4.69) is 0 Å². The van der Waals surface area contributed by atoms with Gasteiger partial charge >= 0.3 is 0 Å². The summed E-state index contributed by atoms with van der Waals surface area (Å²) in [6, 6.07) is 3.49. The lowest BCUT2D eigenvalue weighted by Crippen LogP contribution is -2.50. The van der Waals surface area contributed by atoms with Crippen LogP contribution in [0.5, 0.6) is 0 Å². The smallest absolute Gasteiger partial charge is 0.289 e. The van der Waals surface area contributed by atoms with Crippen molar-refractivity contribution >= 4 is 5.91 Å². The van der Waals surface area contributed by atoms with Crippen LogP contribution in [0.4, 0.5) is 0 Å². The fourth-order valence-electron chi connectivity index (χ4n) is 1.93. The van der Waals surface area contributed by atoms with Crippen LogP contribution in [0.15, 0.2) is 16.5 Å². The maximum Gasteiger partial charge on any atom is 0.289 e. The Labute approximate surface area is 101 Å². The lowest BCUT2D eigenvalue weighted by atomic mass is 10.2. The van der Waals surface area contributed by atoms with Gasteiger partial charge in [-0.15, -0.1) is 0 Å². The number of hydrogen-bond donors (Lipinski definition) is 1. The Bertz CT molecular complexity index is 402. The van der Waals surface area contributed by atoms with Crippen molar-refractivity contribution in [3.05, 3.63) is 23.7 Å². The Morgan fingerprint density at radius 1 is 1.53 bits per heavy atom. The van der Waals surface area contributed by atoms with E-state index >= 15 is 0 Å². The number of morpholine rings is 1. The summed E-state index contributed by atoms with van der Waals surface area (Å²) in [4.78, 5) is 14.0. The highest BCUT2D eigenvalue weighted by molar-refractivity contribution is 5.91. The Morgan fingerprint density at radius 2 is 2.29 bits per heavy atom. The molecule has 1 amide bonds. The van der Waals surface area contributed by atoms with Crippen LogP contribution in [0.25, 0.3) is 0 Å². The summed E-state index contributed by atoms with van der Waals surface area (Å²) in [5.41, 5.74) is 5.45. The van der Waals surface area contributed by atoms with E-state index in [1.165, 1.54) is 0 Å². The molecule has 17 heavy (non-hydrogen) atoms. The zero-order valence-electron chi connectivity index (χ0n) is 10.2. The summed E-state index contributed by atoms with van der Waals surface area (Å²) in [5, 5.41) is 0. The quantitative estimate of drug-likeness (QED) is 0.834. The number of furan rings is 1. The van der Waals surface area contributed by atoms with Crippen LogP contribution in [-0.2, 0) is 11.3 Å². The predicted octanol–water partition coefficient (Wildman–Crippen LogP) is 0.988. The fraction of sp³-hybridized carbons (Fsp3) is 0.583. The minimum absolute atomic E-state index is 0.0686. The number of amides is 1. The Kier molecular flexibility index (Phi) is 3.49. The molecule has 1 aromatic rings. The molecule has 5 heteroatoms. The van der Waals surface area contributed by atoms with Gasteiger partial charge < -0.3 is 19.8 Å². The van der Waals surface area contributed by atoms with Gasteiger partial charge in [0, 0.05) is 6.54 Å². The third kappa shape index (κ3) is 2.50. The number of ether oxygens (including phenoxy) is 1. The van der Waals surface area contributed by atoms with Gasteiger partial charge in [-0.1, -0.05) is 0 Å². The average Bonchev–Trinajstić information content (AvgIpc) is 2.80. The molecule has 5 nitrogen and oxygen atoms in total. The first-order valence-corrected chi connectivity index (χ1v) is 5.83. The van der Waals surface area contributed by atoms with Crippen LogP contribution in [0, 0.1) is 0 Å². The van der Waals surface area contributed by atoms with Crippen LogP contribution >= 0.6 is 0 Å². The molecule has 0 saturated carbocycles. The van der Waals surface area contributed by atoms with E-state index in [1.807, 2.05) is 13.8 Å². The van der Waals surface area contributed by atoms with E-state index in [1.54, 1.807) is 17.0 Å². The van der Waals surface area contributed by atoms with Crippen molar-refractivity contribution < 1.29 is 13.9 Å². The fourth-order valence-corrected chi connectivity index (χ4v) is 1.93. The minimum Gasteiger partial charge on any atom is -0.455 e. The molecular formula is C12H18N2O3. The summed E-state index contributed by atoms with van der Waals surface area (Å²) >= 11 is 0. The zero-order valence-corrected chi connectivity index (χ0v) is 10.2.